The van der Waals surface area contributed by atoms with Crippen LogP contribution in [0.2, 0.25) is 0 Å². The van der Waals surface area contributed by atoms with Gasteiger partial charge in [-0.3, -0.25) is 9.69 Å². The molecule has 1 fully saturated rings. The average Bonchev–Trinajstić information content (AvgIpc) is 2.90. The summed E-state index contributed by atoms with van der Waals surface area (Å²) in [6, 6.07) is 21.7. The summed E-state index contributed by atoms with van der Waals surface area (Å²) in [7, 11) is 4.97. The molecule has 1 saturated heterocycles. The van der Waals surface area contributed by atoms with E-state index in [0.717, 1.165) is 61.0 Å². The molecule has 6 heteroatoms. The first kappa shape index (κ1) is 24.6. The summed E-state index contributed by atoms with van der Waals surface area (Å²) in [6.45, 7) is 4.69. The molecule has 0 saturated carbocycles. The number of amides is 1. The van der Waals surface area contributed by atoms with E-state index in [1.165, 1.54) is 5.56 Å². The highest BCUT2D eigenvalue weighted by Crippen LogP contribution is 2.29. The Hall–Kier alpha value is -3.51. The largest absolute Gasteiger partial charge is 0.497 e. The van der Waals surface area contributed by atoms with Crippen LogP contribution in [0.1, 0.15) is 34.3 Å². The fourth-order valence-electron chi connectivity index (χ4n) is 4.62. The van der Waals surface area contributed by atoms with Crippen LogP contribution in [0.25, 0.3) is 0 Å². The smallest absolute Gasteiger partial charge is 0.258 e. The van der Waals surface area contributed by atoms with E-state index in [-0.39, 0.29) is 11.9 Å². The maximum absolute atomic E-state index is 13.7. The first-order valence-electron chi connectivity index (χ1n) is 12.0. The summed E-state index contributed by atoms with van der Waals surface area (Å²) in [5.74, 6) is 2.35. The summed E-state index contributed by atoms with van der Waals surface area (Å²) < 4.78 is 16.1. The number of hydrogen-bond acceptors (Lipinski definition) is 5. The monoisotopic (exact) mass is 474 g/mol. The molecule has 1 amide bonds. The minimum atomic E-state index is 0.0208. The molecule has 4 rings (SSSR count). The second kappa shape index (κ2) is 11.3. The quantitative estimate of drug-likeness (QED) is 0.442. The number of rotatable bonds is 8. The first-order valence-corrected chi connectivity index (χ1v) is 12.0. The molecule has 0 aliphatic carbocycles. The molecule has 0 atom stereocenters. The number of anilines is 1. The summed E-state index contributed by atoms with van der Waals surface area (Å²) in [6.07, 6.45) is 1.80. The molecule has 184 valence electrons. The molecular weight excluding hydrogens is 440 g/mol. The molecule has 0 aromatic heterocycles. The van der Waals surface area contributed by atoms with Crippen LogP contribution >= 0.6 is 0 Å². The van der Waals surface area contributed by atoms with Gasteiger partial charge in [-0.05, 0) is 73.9 Å². The summed E-state index contributed by atoms with van der Waals surface area (Å²) in [4.78, 5) is 18.1. The Labute approximate surface area is 208 Å². The zero-order chi connectivity index (χ0) is 24.8. The number of benzene rings is 3. The molecule has 35 heavy (non-hydrogen) atoms. The number of nitrogens with zero attached hydrogens (tertiary/aromatic N) is 2. The molecular formula is C29H34N2O4. The molecule has 0 unspecified atom stereocenters. The van der Waals surface area contributed by atoms with Gasteiger partial charge in [0.25, 0.3) is 5.91 Å². The SMILES string of the molecule is COc1ccc(C(=O)N(c2ccc(C)cc2)C2CCN(Cc3cc(OC)cc(OC)c3)CC2)cc1. The Morgan fingerprint density at radius 2 is 1.40 bits per heavy atom. The third kappa shape index (κ3) is 5.95. The Bertz CT molecular complexity index is 1100. The molecule has 0 radical (unpaired) electrons. The van der Waals surface area contributed by atoms with Gasteiger partial charge in [0.1, 0.15) is 17.2 Å². The van der Waals surface area contributed by atoms with Crippen molar-refractivity contribution in [3.8, 4) is 17.2 Å². The number of piperidine rings is 1. The highest BCUT2D eigenvalue weighted by molar-refractivity contribution is 6.06. The van der Waals surface area contributed by atoms with Crippen molar-refractivity contribution in [2.45, 2.75) is 32.4 Å². The van der Waals surface area contributed by atoms with Crippen molar-refractivity contribution in [2.75, 3.05) is 39.3 Å². The Morgan fingerprint density at radius 1 is 0.829 bits per heavy atom. The van der Waals surface area contributed by atoms with Crippen molar-refractivity contribution in [1.82, 2.24) is 4.90 Å². The minimum absolute atomic E-state index is 0.0208. The van der Waals surface area contributed by atoms with Crippen molar-refractivity contribution < 1.29 is 19.0 Å². The van der Waals surface area contributed by atoms with Gasteiger partial charge >= 0.3 is 0 Å². The van der Waals surface area contributed by atoms with E-state index >= 15 is 0 Å². The van der Waals surface area contributed by atoms with Gasteiger partial charge in [0.15, 0.2) is 0 Å². The fourth-order valence-corrected chi connectivity index (χ4v) is 4.62. The van der Waals surface area contributed by atoms with Crippen LogP contribution in [-0.2, 0) is 6.54 Å². The molecule has 0 bridgehead atoms. The van der Waals surface area contributed by atoms with Crippen molar-refractivity contribution in [1.29, 1.82) is 0 Å². The normalized spacial score (nSPS) is 14.4. The van der Waals surface area contributed by atoms with Gasteiger partial charge in [-0.25, -0.2) is 0 Å². The van der Waals surface area contributed by atoms with Gasteiger partial charge in [0.2, 0.25) is 0 Å². The number of hydrogen-bond donors (Lipinski definition) is 0. The average molecular weight is 475 g/mol. The number of carbonyl (C=O) groups excluding carboxylic acids is 1. The molecule has 1 aliphatic rings. The van der Waals surface area contributed by atoms with Crippen LogP contribution in [0.4, 0.5) is 5.69 Å². The lowest BCUT2D eigenvalue weighted by Crippen LogP contribution is -2.47. The maximum atomic E-state index is 13.7. The zero-order valence-corrected chi connectivity index (χ0v) is 21.0. The van der Waals surface area contributed by atoms with Crippen molar-refractivity contribution >= 4 is 11.6 Å². The van der Waals surface area contributed by atoms with Crippen LogP contribution < -0.4 is 19.1 Å². The van der Waals surface area contributed by atoms with Crippen molar-refractivity contribution in [3.05, 3.63) is 83.4 Å². The standard InChI is InChI=1S/C29H34N2O4/c1-21-5-9-24(10-6-21)31(29(32)23-7-11-26(33-2)12-8-23)25-13-15-30(16-14-25)20-22-17-27(34-3)19-28(18-22)35-4/h5-12,17-19,25H,13-16,20H2,1-4H3. The second-order valence-electron chi connectivity index (χ2n) is 8.97. The minimum Gasteiger partial charge on any atom is -0.497 e. The van der Waals surface area contributed by atoms with Gasteiger partial charge in [0.05, 0.1) is 21.3 Å². The first-order chi connectivity index (χ1) is 17.0. The summed E-state index contributed by atoms with van der Waals surface area (Å²) in [5.41, 5.74) is 3.93. The maximum Gasteiger partial charge on any atom is 0.258 e. The highest BCUT2D eigenvalue weighted by Gasteiger charge is 2.30. The molecule has 0 N–H and O–H groups in total. The van der Waals surface area contributed by atoms with E-state index in [0.29, 0.717) is 5.56 Å². The highest BCUT2D eigenvalue weighted by atomic mass is 16.5. The number of methoxy groups -OCH3 is 3. The van der Waals surface area contributed by atoms with Gasteiger partial charge in [-0.1, -0.05) is 17.7 Å². The second-order valence-corrected chi connectivity index (χ2v) is 8.97. The van der Waals surface area contributed by atoms with Gasteiger partial charge in [-0.2, -0.15) is 0 Å². The van der Waals surface area contributed by atoms with E-state index in [4.69, 9.17) is 14.2 Å². The zero-order valence-electron chi connectivity index (χ0n) is 21.0. The number of ether oxygens (including phenoxy) is 3. The van der Waals surface area contributed by atoms with Crippen LogP contribution in [0, 0.1) is 6.92 Å². The van der Waals surface area contributed by atoms with Crippen LogP contribution in [0.5, 0.6) is 17.2 Å². The molecule has 1 heterocycles. The topological polar surface area (TPSA) is 51.2 Å². The lowest BCUT2D eigenvalue weighted by molar-refractivity contribution is 0.0958. The van der Waals surface area contributed by atoms with Crippen LogP contribution in [0.15, 0.2) is 66.7 Å². The summed E-state index contributed by atoms with van der Waals surface area (Å²) in [5, 5.41) is 0. The lowest BCUT2D eigenvalue weighted by atomic mass is 9.99. The fraction of sp³-hybridized carbons (Fsp3) is 0.345. The number of aryl methyl sites for hydroxylation is 1. The van der Waals surface area contributed by atoms with E-state index in [1.54, 1.807) is 21.3 Å². The van der Waals surface area contributed by atoms with E-state index in [2.05, 4.69) is 36.1 Å². The van der Waals surface area contributed by atoms with E-state index < -0.39 is 0 Å². The van der Waals surface area contributed by atoms with E-state index in [1.807, 2.05) is 47.4 Å². The number of likely N-dealkylation sites (tertiary alicyclic amines) is 1. The molecule has 0 spiro atoms. The Kier molecular flexibility index (Phi) is 7.93. The molecule has 1 aliphatic heterocycles. The molecule has 3 aromatic carbocycles. The van der Waals surface area contributed by atoms with Gasteiger partial charge < -0.3 is 19.1 Å². The lowest BCUT2D eigenvalue weighted by Gasteiger charge is -2.39. The predicted octanol–water partition coefficient (Wildman–Crippen LogP) is 5.33. The summed E-state index contributed by atoms with van der Waals surface area (Å²) >= 11 is 0. The number of carbonyl (C=O) groups is 1. The van der Waals surface area contributed by atoms with Crippen molar-refractivity contribution in [2.24, 2.45) is 0 Å². The predicted molar refractivity (Wildman–Crippen MR) is 139 cm³/mol. The molecule has 6 nitrogen and oxygen atoms in total. The van der Waals surface area contributed by atoms with Crippen LogP contribution in [-0.4, -0.2) is 51.3 Å². The Balaban J connectivity index is 1.50. The molecule has 3 aromatic rings. The van der Waals surface area contributed by atoms with Crippen molar-refractivity contribution in [3.63, 3.8) is 0 Å². The third-order valence-electron chi connectivity index (χ3n) is 6.61. The third-order valence-corrected chi connectivity index (χ3v) is 6.61. The Morgan fingerprint density at radius 3 is 1.94 bits per heavy atom. The van der Waals surface area contributed by atoms with E-state index in [9.17, 15) is 4.79 Å². The van der Waals surface area contributed by atoms with Gasteiger partial charge in [0, 0.05) is 43.0 Å². The van der Waals surface area contributed by atoms with Crippen LogP contribution in [0.3, 0.4) is 0 Å². The van der Waals surface area contributed by atoms with Gasteiger partial charge in [-0.15, -0.1) is 0 Å².